The van der Waals surface area contributed by atoms with E-state index in [0.717, 1.165) is 10.9 Å². The van der Waals surface area contributed by atoms with Gasteiger partial charge >= 0.3 is 0 Å². The summed E-state index contributed by atoms with van der Waals surface area (Å²) < 4.78 is 6.12. The highest BCUT2D eigenvalue weighted by molar-refractivity contribution is 9.10. The van der Waals surface area contributed by atoms with E-state index in [-0.39, 0.29) is 18.4 Å². The minimum atomic E-state index is -0.545. The van der Waals surface area contributed by atoms with Crippen LogP contribution in [0.2, 0.25) is 0 Å². The Bertz CT molecular complexity index is 492. The van der Waals surface area contributed by atoms with Crippen LogP contribution < -0.4 is 5.32 Å². The summed E-state index contributed by atoms with van der Waals surface area (Å²) in [4.78, 5) is 26.9. The van der Waals surface area contributed by atoms with Crippen LogP contribution in [0.15, 0.2) is 15.9 Å². The first-order valence-corrected chi connectivity index (χ1v) is 8.21. The van der Waals surface area contributed by atoms with Crippen molar-refractivity contribution < 1.29 is 14.3 Å². The molecule has 2 heterocycles. The molecule has 1 aliphatic rings. The van der Waals surface area contributed by atoms with Gasteiger partial charge in [-0.3, -0.25) is 9.59 Å². The summed E-state index contributed by atoms with van der Waals surface area (Å²) in [5.41, 5.74) is 0. The molecule has 1 unspecified atom stereocenters. The maximum Gasteiger partial charge on any atom is 0.265 e. The van der Waals surface area contributed by atoms with E-state index in [1.807, 2.05) is 18.4 Å². The van der Waals surface area contributed by atoms with Crippen molar-refractivity contribution in [3.05, 3.63) is 20.8 Å². The molecule has 1 atom stereocenters. The highest BCUT2D eigenvalue weighted by Crippen LogP contribution is 2.25. The van der Waals surface area contributed by atoms with Crippen LogP contribution in [0.3, 0.4) is 0 Å². The van der Waals surface area contributed by atoms with E-state index in [0.29, 0.717) is 24.6 Å². The summed E-state index contributed by atoms with van der Waals surface area (Å²) in [6.07, 6.45) is 0.865. The highest BCUT2D eigenvalue weighted by Gasteiger charge is 2.34. The first kappa shape index (κ1) is 15.5. The molecule has 1 aliphatic heterocycles. The molecule has 0 saturated carbocycles. The van der Waals surface area contributed by atoms with Crippen molar-refractivity contribution in [1.29, 1.82) is 0 Å². The smallest absolute Gasteiger partial charge is 0.265 e. The van der Waals surface area contributed by atoms with Gasteiger partial charge in [-0.25, -0.2) is 0 Å². The summed E-state index contributed by atoms with van der Waals surface area (Å²) in [7, 11) is 0. The molecule has 7 heteroatoms. The number of halogens is 1. The number of hydrogen-bond acceptors (Lipinski definition) is 4. The van der Waals surface area contributed by atoms with E-state index >= 15 is 0 Å². The van der Waals surface area contributed by atoms with E-state index < -0.39 is 6.04 Å². The number of morpholine rings is 1. The lowest BCUT2D eigenvalue weighted by Crippen LogP contribution is -2.55. The Morgan fingerprint density at radius 3 is 3.05 bits per heavy atom. The molecular formula is C13H17BrN2O3S. The van der Waals surface area contributed by atoms with E-state index in [1.54, 1.807) is 4.90 Å². The molecule has 0 bridgehead atoms. The lowest BCUT2D eigenvalue weighted by molar-refractivity contribution is -0.130. The number of carbonyl (C=O) groups excluding carboxylic acids is 2. The molecule has 0 aliphatic carbocycles. The van der Waals surface area contributed by atoms with Gasteiger partial charge in [0.15, 0.2) is 0 Å². The molecule has 1 saturated heterocycles. The number of ether oxygens (including phenoxy) is 1. The molecule has 1 fully saturated rings. The first-order chi connectivity index (χ1) is 9.65. The second-order valence-corrected chi connectivity index (χ2v) is 6.25. The molecule has 2 rings (SSSR count). The number of hydrogen-bond donors (Lipinski definition) is 1. The van der Waals surface area contributed by atoms with Crippen LogP contribution in [0.25, 0.3) is 0 Å². The molecule has 0 radical (unpaired) electrons. The fourth-order valence-corrected chi connectivity index (χ4v) is 3.50. The van der Waals surface area contributed by atoms with Crippen molar-refractivity contribution in [3.63, 3.8) is 0 Å². The largest absolute Gasteiger partial charge is 0.377 e. The first-order valence-electron chi connectivity index (χ1n) is 6.54. The van der Waals surface area contributed by atoms with Gasteiger partial charge in [0.1, 0.15) is 10.9 Å². The van der Waals surface area contributed by atoms with Crippen LogP contribution in [0.5, 0.6) is 0 Å². The van der Waals surface area contributed by atoms with Crippen molar-refractivity contribution >= 4 is 39.1 Å². The summed E-state index contributed by atoms with van der Waals surface area (Å²) in [5.74, 6) is -0.264. The van der Waals surface area contributed by atoms with Crippen molar-refractivity contribution in [2.45, 2.75) is 19.4 Å². The molecule has 0 aromatic carbocycles. The number of thiophene rings is 1. The Morgan fingerprint density at radius 1 is 1.60 bits per heavy atom. The Balaban J connectivity index is 2.12. The maximum atomic E-state index is 12.5. The molecule has 1 aromatic rings. The summed E-state index contributed by atoms with van der Waals surface area (Å²) >= 11 is 4.74. The average Bonchev–Trinajstić information content (AvgIpc) is 2.90. The van der Waals surface area contributed by atoms with Crippen molar-refractivity contribution in [2.24, 2.45) is 0 Å². The summed E-state index contributed by atoms with van der Waals surface area (Å²) in [6.45, 7) is 3.76. The normalized spacial score (nSPS) is 18.9. The number of amides is 2. The molecular weight excluding hydrogens is 344 g/mol. The molecule has 1 aromatic heterocycles. The zero-order chi connectivity index (χ0) is 14.5. The molecule has 5 nitrogen and oxygen atoms in total. The maximum absolute atomic E-state index is 12.5. The predicted octanol–water partition coefficient (Wildman–Crippen LogP) is 1.88. The Kier molecular flexibility index (Phi) is 5.56. The highest BCUT2D eigenvalue weighted by atomic mass is 79.9. The number of carbonyl (C=O) groups is 2. The minimum Gasteiger partial charge on any atom is -0.377 e. The second kappa shape index (κ2) is 7.19. The van der Waals surface area contributed by atoms with E-state index in [1.165, 1.54) is 11.3 Å². The zero-order valence-corrected chi connectivity index (χ0v) is 13.6. The van der Waals surface area contributed by atoms with Gasteiger partial charge in [0.05, 0.1) is 13.2 Å². The molecule has 0 spiro atoms. The zero-order valence-electron chi connectivity index (χ0n) is 11.2. The predicted molar refractivity (Wildman–Crippen MR) is 81.0 cm³/mol. The van der Waals surface area contributed by atoms with E-state index in [2.05, 4.69) is 21.2 Å². The molecule has 1 N–H and O–H groups in total. The summed E-state index contributed by atoms with van der Waals surface area (Å²) in [5, 5.41) is 4.68. The lowest BCUT2D eigenvalue weighted by Gasteiger charge is -2.34. The Morgan fingerprint density at radius 2 is 2.40 bits per heavy atom. The van der Waals surface area contributed by atoms with Gasteiger partial charge in [0, 0.05) is 17.6 Å². The van der Waals surface area contributed by atoms with Crippen LogP contribution in [0.4, 0.5) is 0 Å². The standard InChI is InChI=1S/C13H17BrN2O3S/c1-2-4-15-12(17)10-8-19-6-5-16(10)13(18)11-9(14)3-7-20-11/h3,7,10H,2,4-6,8H2,1H3,(H,15,17). The van der Waals surface area contributed by atoms with Gasteiger partial charge in [0.25, 0.3) is 5.91 Å². The molecule has 20 heavy (non-hydrogen) atoms. The van der Waals surface area contributed by atoms with Crippen LogP contribution in [0.1, 0.15) is 23.0 Å². The fourth-order valence-electron chi connectivity index (χ4n) is 2.01. The SMILES string of the molecule is CCCNC(=O)C1COCCN1C(=O)c1sccc1Br. The second-order valence-electron chi connectivity index (χ2n) is 4.48. The quantitative estimate of drug-likeness (QED) is 0.891. The topological polar surface area (TPSA) is 58.6 Å². The third kappa shape index (κ3) is 3.39. The van der Waals surface area contributed by atoms with Crippen molar-refractivity contribution in [1.82, 2.24) is 10.2 Å². The minimum absolute atomic E-state index is 0.119. The van der Waals surface area contributed by atoms with Crippen LogP contribution in [-0.4, -0.2) is 49.1 Å². The van der Waals surface area contributed by atoms with Gasteiger partial charge in [-0.1, -0.05) is 6.92 Å². The number of rotatable bonds is 4. The van der Waals surface area contributed by atoms with Crippen molar-refractivity contribution in [2.75, 3.05) is 26.3 Å². The van der Waals surface area contributed by atoms with Gasteiger partial charge in [-0.05, 0) is 33.8 Å². The van der Waals surface area contributed by atoms with Crippen LogP contribution in [-0.2, 0) is 9.53 Å². The summed E-state index contributed by atoms with van der Waals surface area (Å²) in [6, 6.07) is 1.29. The van der Waals surface area contributed by atoms with Crippen LogP contribution in [0, 0.1) is 0 Å². The molecule has 110 valence electrons. The number of nitrogens with zero attached hydrogens (tertiary/aromatic N) is 1. The third-order valence-corrected chi connectivity index (χ3v) is 4.88. The third-order valence-electron chi connectivity index (χ3n) is 3.05. The van der Waals surface area contributed by atoms with Crippen molar-refractivity contribution in [3.8, 4) is 0 Å². The Hall–Kier alpha value is -0.920. The van der Waals surface area contributed by atoms with Gasteiger partial charge in [-0.2, -0.15) is 0 Å². The number of nitrogens with one attached hydrogen (secondary N) is 1. The lowest BCUT2D eigenvalue weighted by atomic mass is 10.2. The molecule has 2 amide bonds. The van der Waals surface area contributed by atoms with Gasteiger partial charge < -0.3 is 15.0 Å². The van der Waals surface area contributed by atoms with E-state index in [9.17, 15) is 9.59 Å². The average molecular weight is 361 g/mol. The van der Waals surface area contributed by atoms with Crippen LogP contribution >= 0.6 is 27.3 Å². The fraction of sp³-hybridized carbons (Fsp3) is 0.538. The van der Waals surface area contributed by atoms with E-state index in [4.69, 9.17) is 4.74 Å². The Labute approximate surface area is 130 Å². The van der Waals surface area contributed by atoms with Gasteiger partial charge in [0.2, 0.25) is 5.91 Å². The monoisotopic (exact) mass is 360 g/mol. The van der Waals surface area contributed by atoms with Gasteiger partial charge in [-0.15, -0.1) is 11.3 Å².